The molecule has 0 radical (unpaired) electrons. The van der Waals surface area contributed by atoms with E-state index in [1.54, 1.807) is 6.92 Å². The maximum atomic E-state index is 12.5. The first-order valence-electron chi connectivity index (χ1n) is 8.37. The number of benzene rings is 1. The van der Waals surface area contributed by atoms with Crippen LogP contribution in [0.25, 0.3) is 0 Å². The third-order valence-corrected chi connectivity index (χ3v) is 4.24. The molecule has 0 spiro atoms. The van der Waals surface area contributed by atoms with E-state index in [1.807, 2.05) is 37.3 Å². The van der Waals surface area contributed by atoms with Gasteiger partial charge in [-0.05, 0) is 18.9 Å². The van der Waals surface area contributed by atoms with E-state index in [0.717, 1.165) is 25.1 Å². The molecule has 1 aliphatic rings. The SMILES string of the molecule is CCC(C(=O)NCC(C)(O)CN1CCOCC1)c1ccccc1. The first-order chi connectivity index (χ1) is 11.0. The summed E-state index contributed by atoms with van der Waals surface area (Å²) in [5.41, 5.74) is 0.0717. The average molecular weight is 320 g/mol. The first-order valence-corrected chi connectivity index (χ1v) is 8.37. The van der Waals surface area contributed by atoms with Crippen LogP contribution in [-0.4, -0.2) is 60.9 Å². The predicted molar refractivity (Wildman–Crippen MR) is 90.4 cm³/mol. The molecule has 0 aliphatic carbocycles. The van der Waals surface area contributed by atoms with Gasteiger partial charge in [0.1, 0.15) is 0 Å². The second-order valence-electron chi connectivity index (χ2n) is 6.47. The van der Waals surface area contributed by atoms with E-state index in [-0.39, 0.29) is 18.4 Å². The Bertz CT molecular complexity index is 484. The van der Waals surface area contributed by atoms with Crippen LogP contribution in [0.3, 0.4) is 0 Å². The van der Waals surface area contributed by atoms with Crippen LogP contribution in [0.2, 0.25) is 0 Å². The van der Waals surface area contributed by atoms with Crippen LogP contribution in [0.4, 0.5) is 0 Å². The largest absolute Gasteiger partial charge is 0.387 e. The predicted octanol–water partition coefficient (Wildman–Crippen LogP) is 1.38. The van der Waals surface area contributed by atoms with Crippen LogP contribution in [0.15, 0.2) is 30.3 Å². The Morgan fingerprint density at radius 1 is 1.35 bits per heavy atom. The van der Waals surface area contributed by atoms with Crippen molar-refractivity contribution in [3.05, 3.63) is 35.9 Å². The van der Waals surface area contributed by atoms with Crippen molar-refractivity contribution in [1.82, 2.24) is 10.2 Å². The van der Waals surface area contributed by atoms with Crippen molar-refractivity contribution in [1.29, 1.82) is 0 Å². The number of nitrogens with one attached hydrogen (secondary N) is 1. The van der Waals surface area contributed by atoms with E-state index in [9.17, 15) is 9.90 Å². The number of rotatable bonds is 7. The van der Waals surface area contributed by atoms with Crippen LogP contribution < -0.4 is 5.32 Å². The molecule has 1 aromatic rings. The fourth-order valence-corrected chi connectivity index (χ4v) is 2.96. The lowest BCUT2D eigenvalue weighted by Gasteiger charge is -2.34. The van der Waals surface area contributed by atoms with Gasteiger partial charge >= 0.3 is 0 Å². The molecule has 128 valence electrons. The molecule has 2 atom stereocenters. The minimum Gasteiger partial charge on any atom is -0.387 e. The molecule has 2 N–H and O–H groups in total. The number of nitrogens with zero attached hydrogens (tertiary/aromatic N) is 1. The molecule has 1 heterocycles. The summed E-state index contributed by atoms with van der Waals surface area (Å²) >= 11 is 0. The summed E-state index contributed by atoms with van der Waals surface area (Å²) < 4.78 is 5.31. The van der Waals surface area contributed by atoms with E-state index in [0.29, 0.717) is 19.8 Å². The normalized spacial score (nSPS) is 19.8. The van der Waals surface area contributed by atoms with E-state index in [2.05, 4.69) is 10.2 Å². The topological polar surface area (TPSA) is 61.8 Å². The molecule has 0 aromatic heterocycles. The van der Waals surface area contributed by atoms with Crippen LogP contribution in [0, 0.1) is 0 Å². The minimum atomic E-state index is -0.942. The van der Waals surface area contributed by atoms with E-state index >= 15 is 0 Å². The van der Waals surface area contributed by atoms with Crippen molar-refractivity contribution in [2.75, 3.05) is 39.4 Å². The van der Waals surface area contributed by atoms with Gasteiger partial charge < -0.3 is 15.2 Å². The standard InChI is InChI=1S/C18H28N2O3/c1-3-16(15-7-5-4-6-8-15)17(21)19-13-18(2,22)14-20-9-11-23-12-10-20/h4-8,16,22H,3,9-14H2,1-2H3,(H,19,21). The Morgan fingerprint density at radius 3 is 2.61 bits per heavy atom. The van der Waals surface area contributed by atoms with Gasteiger partial charge in [0, 0.05) is 26.2 Å². The molecule has 23 heavy (non-hydrogen) atoms. The molecule has 5 heteroatoms. The summed E-state index contributed by atoms with van der Waals surface area (Å²) in [5.74, 6) is -0.198. The Balaban J connectivity index is 1.86. The lowest BCUT2D eigenvalue weighted by atomic mass is 9.95. The molecule has 0 bridgehead atoms. The smallest absolute Gasteiger partial charge is 0.227 e. The van der Waals surface area contributed by atoms with Crippen molar-refractivity contribution in [2.24, 2.45) is 0 Å². The summed E-state index contributed by atoms with van der Waals surface area (Å²) in [7, 11) is 0. The highest BCUT2D eigenvalue weighted by Gasteiger charge is 2.27. The summed E-state index contributed by atoms with van der Waals surface area (Å²) in [6, 6.07) is 9.78. The summed E-state index contributed by atoms with van der Waals surface area (Å²) in [6.07, 6.45) is 0.738. The van der Waals surface area contributed by atoms with E-state index in [4.69, 9.17) is 4.74 Å². The zero-order valence-electron chi connectivity index (χ0n) is 14.1. The Labute approximate surface area is 138 Å². The van der Waals surface area contributed by atoms with Crippen LogP contribution in [0.5, 0.6) is 0 Å². The highest BCUT2D eigenvalue weighted by molar-refractivity contribution is 5.83. The van der Waals surface area contributed by atoms with Crippen molar-refractivity contribution in [3.8, 4) is 0 Å². The number of aliphatic hydroxyl groups is 1. The number of β-amino-alcohol motifs (C(OH)–C–C–N with tert-alkyl or cyclic N) is 1. The highest BCUT2D eigenvalue weighted by Crippen LogP contribution is 2.19. The lowest BCUT2D eigenvalue weighted by molar-refractivity contribution is -0.124. The molecular formula is C18H28N2O3. The number of hydrogen-bond acceptors (Lipinski definition) is 4. The van der Waals surface area contributed by atoms with Gasteiger partial charge in [-0.15, -0.1) is 0 Å². The molecule has 2 rings (SSSR count). The van der Waals surface area contributed by atoms with Gasteiger partial charge in [-0.2, -0.15) is 0 Å². The van der Waals surface area contributed by atoms with E-state index < -0.39 is 5.60 Å². The van der Waals surface area contributed by atoms with Crippen molar-refractivity contribution >= 4 is 5.91 Å². The molecule has 1 fully saturated rings. The van der Waals surface area contributed by atoms with Crippen molar-refractivity contribution in [3.63, 3.8) is 0 Å². The van der Waals surface area contributed by atoms with Crippen LogP contribution in [0.1, 0.15) is 31.7 Å². The molecule has 1 amide bonds. The molecule has 1 aliphatic heterocycles. The fraction of sp³-hybridized carbons (Fsp3) is 0.611. The number of ether oxygens (including phenoxy) is 1. The molecule has 5 nitrogen and oxygen atoms in total. The van der Waals surface area contributed by atoms with Gasteiger partial charge in [-0.1, -0.05) is 37.3 Å². The molecule has 1 saturated heterocycles. The van der Waals surface area contributed by atoms with Crippen LogP contribution >= 0.6 is 0 Å². The fourth-order valence-electron chi connectivity index (χ4n) is 2.96. The maximum Gasteiger partial charge on any atom is 0.227 e. The van der Waals surface area contributed by atoms with Gasteiger partial charge in [0.15, 0.2) is 0 Å². The monoisotopic (exact) mass is 320 g/mol. The van der Waals surface area contributed by atoms with Gasteiger partial charge in [-0.3, -0.25) is 9.69 Å². The molecule has 0 saturated carbocycles. The molecular weight excluding hydrogens is 292 g/mol. The molecule has 1 aromatic carbocycles. The Kier molecular flexibility index (Phi) is 6.57. The van der Waals surface area contributed by atoms with E-state index in [1.165, 1.54) is 0 Å². The first kappa shape index (κ1) is 17.9. The third-order valence-electron chi connectivity index (χ3n) is 4.24. The lowest BCUT2D eigenvalue weighted by Crippen LogP contribution is -2.51. The van der Waals surface area contributed by atoms with Crippen molar-refractivity contribution < 1.29 is 14.6 Å². The maximum absolute atomic E-state index is 12.5. The minimum absolute atomic E-state index is 0.0269. The zero-order chi connectivity index (χ0) is 16.7. The quantitative estimate of drug-likeness (QED) is 0.797. The van der Waals surface area contributed by atoms with Crippen molar-refractivity contribution in [2.45, 2.75) is 31.8 Å². The summed E-state index contributed by atoms with van der Waals surface area (Å²) in [5, 5.41) is 13.5. The Morgan fingerprint density at radius 2 is 2.00 bits per heavy atom. The number of hydrogen-bond donors (Lipinski definition) is 2. The van der Waals surface area contributed by atoms with Gasteiger partial charge in [0.25, 0.3) is 0 Å². The van der Waals surface area contributed by atoms with Gasteiger partial charge in [-0.25, -0.2) is 0 Å². The van der Waals surface area contributed by atoms with Gasteiger partial charge in [0.2, 0.25) is 5.91 Å². The number of carbonyl (C=O) groups excluding carboxylic acids is 1. The highest BCUT2D eigenvalue weighted by atomic mass is 16.5. The number of amides is 1. The van der Waals surface area contributed by atoms with Gasteiger partial charge in [0.05, 0.1) is 24.7 Å². The zero-order valence-corrected chi connectivity index (χ0v) is 14.1. The second kappa shape index (κ2) is 8.43. The number of morpholine rings is 1. The second-order valence-corrected chi connectivity index (χ2v) is 6.47. The van der Waals surface area contributed by atoms with Crippen LogP contribution in [-0.2, 0) is 9.53 Å². The Hall–Kier alpha value is -1.43. The molecule has 2 unspecified atom stereocenters. The number of carbonyl (C=O) groups is 1. The third kappa shape index (κ3) is 5.61. The summed E-state index contributed by atoms with van der Waals surface area (Å²) in [4.78, 5) is 14.6. The summed E-state index contributed by atoms with van der Waals surface area (Å²) in [6.45, 7) is 7.63. The average Bonchev–Trinajstić information content (AvgIpc) is 2.55.